The number of nitrogens with two attached hydrogens (primary N) is 1. The number of hydrogen-bond donors (Lipinski definition) is 1. The van der Waals surface area contributed by atoms with Crippen molar-refractivity contribution in [1.29, 1.82) is 0 Å². The Morgan fingerprint density at radius 2 is 2.06 bits per heavy atom. The van der Waals surface area contributed by atoms with Gasteiger partial charge in [0.25, 0.3) is 0 Å². The van der Waals surface area contributed by atoms with Gasteiger partial charge in [-0.25, -0.2) is 4.39 Å². The van der Waals surface area contributed by atoms with Crippen molar-refractivity contribution >= 4 is 5.69 Å². The number of anilines is 1. The summed E-state index contributed by atoms with van der Waals surface area (Å²) in [6.45, 7) is 2.99. The van der Waals surface area contributed by atoms with Crippen LogP contribution >= 0.6 is 0 Å². The fourth-order valence-electron chi connectivity index (χ4n) is 2.97. The summed E-state index contributed by atoms with van der Waals surface area (Å²) < 4.78 is 13.4. The molecule has 0 spiro atoms. The van der Waals surface area contributed by atoms with Gasteiger partial charge in [-0.15, -0.1) is 0 Å². The maximum absolute atomic E-state index is 13.4. The lowest BCUT2D eigenvalue weighted by atomic mass is 10.0. The van der Waals surface area contributed by atoms with Crippen molar-refractivity contribution < 1.29 is 4.39 Å². The Hall–Kier alpha value is -1.09. The van der Waals surface area contributed by atoms with Crippen LogP contribution in [-0.2, 0) is 0 Å². The predicted octanol–water partition coefficient (Wildman–Crippen LogP) is 3.31. The minimum atomic E-state index is -0.173. The van der Waals surface area contributed by atoms with Gasteiger partial charge in [0.1, 0.15) is 5.82 Å². The molecule has 1 aromatic carbocycles. The summed E-state index contributed by atoms with van der Waals surface area (Å²) in [5, 5.41) is 0. The Labute approximate surface area is 109 Å². The molecular weight excluding hydrogens is 227 g/mol. The molecule has 0 saturated heterocycles. The topological polar surface area (TPSA) is 29.3 Å². The lowest BCUT2D eigenvalue weighted by molar-refractivity contribution is 0.466. The van der Waals surface area contributed by atoms with Crippen LogP contribution in [0.5, 0.6) is 0 Å². The Morgan fingerprint density at radius 3 is 2.78 bits per heavy atom. The SMILES string of the molecule is CCN(c1cccc(F)c1)C1CCCCCC1N. The number of likely N-dealkylation sites (N-methyl/N-ethyl adjacent to an activating group) is 1. The monoisotopic (exact) mass is 250 g/mol. The summed E-state index contributed by atoms with van der Waals surface area (Å²) in [5.74, 6) is -0.173. The van der Waals surface area contributed by atoms with Gasteiger partial charge in [-0.1, -0.05) is 25.3 Å². The molecule has 1 aliphatic rings. The second-order valence-corrected chi connectivity index (χ2v) is 5.14. The number of benzene rings is 1. The first-order valence-corrected chi connectivity index (χ1v) is 7.00. The van der Waals surface area contributed by atoms with Crippen LogP contribution in [0.4, 0.5) is 10.1 Å². The zero-order valence-electron chi connectivity index (χ0n) is 11.1. The third-order valence-electron chi connectivity index (χ3n) is 3.91. The third kappa shape index (κ3) is 3.02. The second-order valence-electron chi connectivity index (χ2n) is 5.14. The third-order valence-corrected chi connectivity index (χ3v) is 3.91. The van der Waals surface area contributed by atoms with Crippen LogP contribution in [0.25, 0.3) is 0 Å². The Kier molecular flexibility index (Phi) is 4.59. The van der Waals surface area contributed by atoms with Gasteiger partial charge < -0.3 is 10.6 Å². The molecule has 0 bridgehead atoms. The minimum absolute atomic E-state index is 0.173. The van der Waals surface area contributed by atoms with E-state index in [2.05, 4.69) is 11.8 Å². The van der Waals surface area contributed by atoms with Gasteiger partial charge in [0.2, 0.25) is 0 Å². The highest BCUT2D eigenvalue weighted by Gasteiger charge is 2.25. The lowest BCUT2D eigenvalue weighted by Gasteiger charge is -2.35. The van der Waals surface area contributed by atoms with E-state index >= 15 is 0 Å². The van der Waals surface area contributed by atoms with E-state index in [-0.39, 0.29) is 11.9 Å². The number of rotatable bonds is 3. The summed E-state index contributed by atoms with van der Waals surface area (Å²) in [6, 6.07) is 7.40. The highest BCUT2D eigenvalue weighted by atomic mass is 19.1. The summed E-state index contributed by atoms with van der Waals surface area (Å²) in [7, 11) is 0. The Balaban J connectivity index is 2.21. The minimum Gasteiger partial charge on any atom is -0.367 e. The van der Waals surface area contributed by atoms with Gasteiger partial charge in [-0.05, 0) is 38.0 Å². The highest BCUT2D eigenvalue weighted by molar-refractivity contribution is 5.47. The highest BCUT2D eigenvalue weighted by Crippen LogP contribution is 2.26. The molecule has 0 radical (unpaired) electrons. The molecule has 100 valence electrons. The van der Waals surface area contributed by atoms with E-state index in [0.717, 1.165) is 25.1 Å². The lowest BCUT2D eigenvalue weighted by Crippen LogP contribution is -2.47. The molecule has 0 aromatic heterocycles. The van der Waals surface area contributed by atoms with Crippen molar-refractivity contribution in [3.05, 3.63) is 30.1 Å². The Morgan fingerprint density at radius 1 is 1.28 bits per heavy atom. The van der Waals surface area contributed by atoms with Gasteiger partial charge >= 0.3 is 0 Å². The van der Waals surface area contributed by atoms with Crippen LogP contribution in [0.1, 0.15) is 39.0 Å². The molecule has 18 heavy (non-hydrogen) atoms. The molecule has 2 atom stereocenters. The summed E-state index contributed by atoms with van der Waals surface area (Å²) in [5.41, 5.74) is 7.25. The molecule has 1 aliphatic carbocycles. The predicted molar refractivity (Wildman–Crippen MR) is 74.3 cm³/mol. The van der Waals surface area contributed by atoms with Crippen LogP contribution in [0, 0.1) is 5.82 Å². The molecule has 1 aromatic rings. The largest absolute Gasteiger partial charge is 0.367 e. The van der Waals surface area contributed by atoms with Crippen molar-refractivity contribution in [2.75, 3.05) is 11.4 Å². The summed E-state index contributed by atoms with van der Waals surface area (Å²) in [4.78, 5) is 2.26. The van der Waals surface area contributed by atoms with Crippen molar-refractivity contribution in [2.45, 2.75) is 51.1 Å². The second kappa shape index (κ2) is 6.19. The van der Waals surface area contributed by atoms with Gasteiger partial charge in [0.15, 0.2) is 0 Å². The molecule has 1 fully saturated rings. The molecule has 0 heterocycles. The fourth-order valence-corrected chi connectivity index (χ4v) is 2.97. The van der Waals surface area contributed by atoms with Crippen molar-refractivity contribution in [2.24, 2.45) is 5.73 Å². The molecule has 2 nitrogen and oxygen atoms in total. The molecule has 0 amide bonds. The summed E-state index contributed by atoms with van der Waals surface area (Å²) in [6.07, 6.45) is 5.91. The van der Waals surface area contributed by atoms with Gasteiger partial charge in [0, 0.05) is 24.3 Å². The Bertz CT molecular complexity index is 381. The van der Waals surface area contributed by atoms with Crippen molar-refractivity contribution in [3.8, 4) is 0 Å². The van der Waals surface area contributed by atoms with E-state index < -0.39 is 0 Å². The molecule has 0 aliphatic heterocycles. The molecular formula is C15H23FN2. The standard InChI is InChI=1S/C15H23FN2/c1-2-18(13-8-6-7-12(16)11-13)15-10-5-3-4-9-14(15)17/h6-8,11,14-15H,2-5,9-10,17H2,1H3. The number of hydrogen-bond acceptors (Lipinski definition) is 2. The van der Waals surface area contributed by atoms with Crippen LogP contribution in [0.3, 0.4) is 0 Å². The average molecular weight is 250 g/mol. The summed E-state index contributed by atoms with van der Waals surface area (Å²) >= 11 is 0. The van der Waals surface area contributed by atoms with E-state index in [1.165, 1.54) is 25.3 Å². The van der Waals surface area contributed by atoms with Crippen LogP contribution in [-0.4, -0.2) is 18.6 Å². The van der Waals surface area contributed by atoms with E-state index in [1.807, 2.05) is 6.07 Å². The molecule has 2 rings (SSSR count). The van der Waals surface area contributed by atoms with Crippen molar-refractivity contribution in [3.63, 3.8) is 0 Å². The zero-order chi connectivity index (χ0) is 13.0. The van der Waals surface area contributed by atoms with Gasteiger partial charge in [0.05, 0.1) is 0 Å². The van der Waals surface area contributed by atoms with E-state index in [0.29, 0.717) is 6.04 Å². The number of halogens is 1. The average Bonchev–Trinajstić information content (AvgIpc) is 2.56. The van der Waals surface area contributed by atoms with E-state index in [9.17, 15) is 4.39 Å². The molecule has 2 unspecified atom stereocenters. The molecule has 1 saturated carbocycles. The normalized spacial score (nSPS) is 24.6. The fraction of sp³-hybridized carbons (Fsp3) is 0.600. The zero-order valence-corrected chi connectivity index (χ0v) is 11.1. The van der Waals surface area contributed by atoms with E-state index in [4.69, 9.17) is 5.73 Å². The van der Waals surface area contributed by atoms with Crippen LogP contribution in [0.15, 0.2) is 24.3 Å². The first kappa shape index (κ1) is 13.3. The van der Waals surface area contributed by atoms with Crippen LogP contribution < -0.4 is 10.6 Å². The smallest absolute Gasteiger partial charge is 0.125 e. The molecule has 3 heteroatoms. The quantitative estimate of drug-likeness (QED) is 0.834. The maximum Gasteiger partial charge on any atom is 0.125 e. The first-order valence-electron chi connectivity index (χ1n) is 7.00. The first-order chi connectivity index (χ1) is 8.72. The van der Waals surface area contributed by atoms with Gasteiger partial charge in [-0.2, -0.15) is 0 Å². The van der Waals surface area contributed by atoms with Crippen molar-refractivity contribution in [1.82, 2.24) is 0 Å². The van der Waals surface area contributed by atoms with Gasteiger partial charge in [-0.3, -0.25) is 0 Å². The van der Waals surface area contributed by atoms with E-state index in [1.54, 1.807) is 12.1 Å². The molecule has 2 N–H and O–H groups in total. The van der Waals surface area contributed by atoms with Crippen LogP contribution in [0.2, 0.25) is 0 Å². The number of nitrogens with zero attached hydrogens (tertiary/aromatic N) is 1. The maximum atomic E-state index is 13.4.